The fourth-order valence-corrected chi connectivity index (χ4v) is 4.46. The first-order valence-electron chi connectivity index (χ1n) is 10.5. The number of anilines is 5. The van der Waals surface area contributed by atoms with Crippen LogP contribution in [0.3, 0.4) is 0 Å². The summed E-state index contributed by atoms with van der Waals surface area (Å²) in [5, 5.41) is 5.58. The second-order valence-corrected chi connectivity index (χ2v) is 9.43. The summed E-state index contributed by atoms with van der Waals surface area (Å²) in [5.74, 6) is -0.705. The van der Waals surface area contributed by atoms with Crippen molar-refractivity contribution in [3.63, 3.8) is 0 Å². The minimum Gasteiger partial charge on any atom is -0.353 e. The third kappa shape index (κ3) is 5.77. The zero-order chi connectivity index (χ0) is 24.1. The van der Waals surface area contributed by atoms with Gasteiger partial charge >= 0.3 is 0 Å². The van der Waals surface area contributed by atoms with Crippen LogP contribution in [-0.4, -0.2) is 36.1 Å². The molecule has 1 aromatic carbocycles. The number of hydroxylamine groups is 1. The predicted octanol–water partition coefficient (Wildman–Crippen LogP) is 3.69. The molecular weight excluding hydrogens is 463 g/mol. The van der Waals surface area contributed by atoms with Crippen molar-refractivity contribution in [3.05, 3.63) is 66.2 Å². The maximum absolute atomic E-state index is 13.5. The van der Waals surface area contributed by atoms with Crippen LogP contribution in [0.4, 0.5) is 33.1 Å². The van der Waals surface area contributed by atoms with Crippen LogP contribution in [0.2, 0.25) is 0 Å². The molecule has 3 aromatic rings. The number of pyridine rings is 2. The molecule has 1 amide bonds. The molecule has 0 spiro atoms. The second-order valence-electron chi connectivity index (χ2n) is 7.47. The molecule has 4 N–H and O–H groups in total. The van der Waals surface area contributed by atoms with Crippen molar-refractivity contribution < 1.29 is 22.4 Å². The van der Waals surface area contributed by atoms with Crippen LogP contribution < -0.4 is 20.8 Å². The van der Waals surface area contributed by atoms with E-state index in [1.54, 1.807) is 37.3 Å². The highest BCUT2D eigenvalue weighted by atomic mass is 32.2. The first-order chi connectivity index (χ1) is 16.4. The molecular formula is C22H23FN6O4S. The molecule has 0 aliphatic heterocycles. The van der Waals surface area contributed by atoms with E-state index >= 15 is 0 Å². The van der Waals surface area contributed by atoms with E-state index in [1.165, 1.54) is 24.4 Å². The van der Waals surface area contributed by atoms with Gasteiger partial charge < -0.3 is 10.6 Å². The molecule has 0 atom stereocenters. The minimum atomic E-state index is -3.50. The Kier molecular flexibility index (Phi) is 6.89. The standard InChI is InChI=1S/C22H23FN6O4S/c1-2-33-28-22(30)15-13-24-21(27-20-9-5-8-19(23)26-20)12-18(15)25-16-6-3-4-7-17(16)29-34(31,32)14-10-11-14/h3-9,12-14,29H,2,10-11H2,1H3,(H,28,30)(H2,24,25,26,27). The van der Waals surface area contributed by atoms with Gasteiger partial charge in [-0.15, -0.1) is 0 Å². The lowest BCUT2D eigenvalue weighted by molar-refractivity contribution is 0.0365. The maximum Gasteiger partial charge on any atom is 0.278 e. The highest BCUT2D eigenvalue weighted by Crippen LogP contribution is 2.34. The first kappa shape index (κ1) is 23.4. The molecule has 0 radical (unpaired) electrons. The van der Waals surface area contributed by atoms with Crippen molar-refractivity contribution in [2.45, 2.75) is 25.0 Å². The van der Waals surface area contributed by atoms with Crippen LogP contribution >= 0.6 is 0 Å². The SMILES string of the molecule is CCONC(=O)c1cnc(Nc2cccc(F)n2)cc1Nc1ccccc1NS(=O)(=O)C1CC1. The number of hydrogen-bond donors (Lipinski definition) is 4. The fourth-order valence-electron chi connectivity index (χ4n) is 3.05. The molecule has 1 fully saturated rings. The lowest BCUT2D eigenvalue weighted by Crippen LogP contribution is -2.25. The van der Waals surface area contributed by atoms with Gasteiger partial charge in [-0.05, 0) is 44.0 Å². The quantitative estimate of drug-likeness (QED) is 0.252. The Balaban J connectivity index is 1.66. The van der Waals surface area contributed by atoms with Crippen LogP contribution in [0.15, 0.2) is 54.7 Å². The van der Waals surface area contributed by atoms with Crippen LogP contribution in [0.25, 0.3) is 0 Å². The van der Waals surface area contributed by atoms with Crippen LogP contribution in [0, 0.1) is 5.95 Å². The maximum atomic E-state index is 13.5. The Morgan fingerprint density at radius 1 is 1.06 bits per heavy atom. The molecule has 1 aliphatic carbocycles. The molecule has 4 rings (SSSR count). The molecule has 12 heteroatoms. The monoisotopic (exact) mass is 486 g/mol. The number of hydrogen-bond acceptors (Lipinski definition) is 8. The number of amides is 1. The predicted molar refractivity (Wildman–Crippen MR) is 126 cm³/mol. The Morgan fingerprint density at radius 2 is 1.82 bits per heavy atom. The number of benzene rings is 1. The molecule has 1 saturated carbocycles. The van der Waals surface area contributed by atoms with Gasteiger partial charge in [0.15, 0.2) is 0 Å². The van der Waals surface area contributed by atoms with Gasteiger partial charge in [0.05, 0.1) is 34.5 Å². The third-order valence-corrected chi connectivity index (χ3v) is 6.69. The lowest BCUT2D eigenvalue weighted by Gasteiger charge is -2.17. The van der Waals surface area contributed by atoms with Crippen molar-refractivity contribution >= 4 is 44.6 Å². The Morgan fingerprint density at radius 3 is 2.53 bits per heavy atom. The number of nitrogens with one attached hydrogen (secondary N) is 4. The van der Waals surface area contributed by atoms with Crippen molar-refractivity contribution in [1.29, 1.82) is 0 Å². The highest BCUT2D eigenvalue weighted by Gasteiger charge is 2.36. The number of carbonyl (C=O) groups is 1. The van der Waals surface area contributed by atoms with E-state index in [2.05, 4.69) is 30.8 Å². The van der Waals surface area contributed by atoms with Crippen LogP contribution in [0.5, 0.6) is 0 Å². The van der Waals surface area contributed by atoms with Gasteiger partial charge in [0.1, 0.15) is 11.6 Å². The summed E-state index contributed by atoms with van der Waals surface area (Å²) >= 11 is 0. The molecule has 0 unspecified atom stereocenters. The van der Waals surface area contributed by atoms with Gasteiger partial charge in [-0.3, -0.25) is 14.4 Å². The smallest absolute Gasteiger partial charge is 0.278 e. The summed E-state index contributed by atoms with van der Waals surface area (Å²) < 4.78 is 41.0. The third-order valence-electron chi connectivity index (χ3n) is 4.84. The average molecular weight is 487 g/mol. The largest absolute Gasteiger partial charge is 0.353 e. The molecule has 2 heterocycles. The average Bonchev–Trinajstić information content (AvgIpc) is 3.65. The molecule has 34 heavy (non-hydrogen) atoms. The van der Waals surface area contributed by atoms with E-state index in [0.29, 0.717) is 29.9 Å². The van der Waals surface area contributed by atoms with E-state index in [1.807, 2.05) is 0 Å². The Labute approximate surface area is 196 Å². The van der Waals surface area contributed by atoms with E-state index in [-0.39, 0.29) is 23.8 Å². The van der Waals surface area contributed by atoms with E-state index in [9.17, 15) is 17.6 Å². The molecule has 10 nitrogen and oxygen atoms in total. The number of para-hydroxylation sites is 2. The van der Waals surface area contributed by atoms with E-state index in [0.717, 1.165) is 0 Å². The number of nitrogens with zero attached hydrogens (tertiary/aromatic N) is 2. The number of aromatic nitrogens is 2. The molecule has 0 saturated heterocycles. The van der Waals surface area contributed by atoms with Gasteiger partial charge in [-0.1, -0.05) is 18.2 Å². The highest BCUT2D eigenvalue weighted by molar-refractivity contribution is 7.93. The van der Waals surface area contributed by atoms with Gasteiger partial charge in [0, 0.05) is 12.3 Å². The van der Waals surface area contributed by atoms with Gasteiger partial charge in [0.25, 0.3) is 5.91 Å². The van der Waals surface area contributed by atoms with Crippen LogP contribution in [-0.2, 0) is 14.9 Å². The normalized spacial score (nSPS) is 13.2. The molecule has 1 aliphatic rings. The van der Waals surface area contributed by atoms with Crippen LogP contribution in [0.1, 0.15) is 30.1 Å². The summed E-state index contributed by atoms with van der Waals surface area (Å²) in [6.45, 7) is 1.98. The summed E-state index contributed by atoms with van der Waals surface area (Å²) in [6.07, 6.45) is 2.57. The zero-order valence-electron chi connectivity index (χ0n) is 18.2. The number of halogens is 1. The zero-order valence-corrected chi connectivity index (χ0v) is 19.0. The first-order valence-corrected chi connectivity index (χ1v) is 12.1. The number of carbonyl (C=O) groups excluding carboxylic acids is 1. The van der Waals surface area contributed by atoms with Crippen molar-refractivity contribution in [1.82, 2.24) is 15.4 Å². The topological polar surface area (TPSA) is 134 Å². The van der Waals surface area contributed by atoms with Crippen molar-refractivity contribution in [2.24, 2.45) is 0 Å². The summed E-state index contributed by atoms with van der Waals surface area (Å²) in [4.78, 5) is 25.6. The summed E-state index contributed by atoms with van der Waals surface area (Å²) in [6, 6.07) is 12.5. The summed E-state index contributed by atoms with van der Waals surface area (Å²) in [5.41, 5.74) is 3.53. The second kappa shape index (κ2) is 10.0. The molecule has 0 bridgehead atoms. The fraction of sp³-hybridized carbons (Fsp3) is 0.227. The van der Waals surface area contributed by atoms with Gasteiger partial charge in [0.2, 0.25) is 16.0 Å². The Hall–Kier alpha value is -3.77. The number of rotatable bonds is 10. The van der Waals surface area contributed by atoms with E-state index < -0.39 is 27.1 Å². The van der Waals surface area contributed by atoms with Gasteiger partial charge in [-0.25, -0.2) is 23.9 Å². The Bertz CT molecular complexity index is 1300. The van der Waals surface area contributed by atoms with Crippen molar-refractivity contribution in [2.75, 3.05) is 22.0 Å². The lowest BCUT2D eigenvalue weighted by atomic mass is 10.2. The van der Waals surface area contributed by atoms with E-state index in [4.69, 9.17) is 4.84 Å². The number of sulfonamides is 1. The molecule has 178 valence electrons. The van der Waals surface area contributed by atoms with Gasteiger partial charge in [-0.2, -0.15) is 4.39 Å². The summed E-state index contributed by atoms with van der Waals surface area (Å²) in [7, 11) is -3.50. The molecule has 2 aromatic heterocycles. The van der Waals surface area contributed by atoms with Crippen molar-refractivity contribution in [3.8, 4) is 0 Å². The minimum absolute atomic E-state index is 0.144.